The van der Waals surface area contributed by atoms with Gasteiger partial charge in [0.1, 0.15) is 17.9 Å². The van der Waals surface area contributed by atoms with Crippen LogP contribution in [-0.2, 0) is 0 Å². The Morgan fingerprint density at radius 1 is 1.15 bits per heavy atom. The van der Waals surface area contributed by atoms with E-state index in [0.29, 0.717) is 17.6 Å². The molecule has 0 N–H and O–H groups in total. The highest BCUT2D eigenvalue weighted by molar-refractivity contribution is 5.77. The van der Waals surface area contributed by atoms with E-state index < -0.39 is 0 Å². The van der Waals surface area contributed by atoms with Gasteiger partial charge in [-0.2, -0.15) is 0 Å². The largest absolute Gasteiger partial charge is 0.492 e. The van der Waals surface area contributed by atoms with Crippen LogP contribution in [0, 0.1) is 0 Å². The van der Waals surface area contributed by atoms with Crippen molar-refractivity contribution in [3.05, 3.63) is 40.8 Å². The molecule has 0 amide bonds. The van der Waals surface area contributed by atoms with Crippen molar-refractivity contribution in [3.63, 3.8) is 0 Å². The lowest BCUT2D eigenvalue weighted by molar-refractivity contribution is 0.183. The molecule has 106 valence electrons. The highest BCUT2D eigenvalue weighted by atomic mass is 16.5. The highest BCUT2D eigenvalue weighted by Gasteiger charge is 2.09. The van der Waals surface area contributed by atoms with E-state index in [1.165, 1.54) is 44.7 Å². The first-order valence-corrected chi connectivity index (χ1v) is 7.20. The van der Waals surface area contributed by atoms with Gasteiger partial charge < -0.3 is 9.15 Å². The molecular formula is C16H19NO3. The minimum absolute atomic E-state index is 0.0221. The van der Waals surface area contributed by atoms with E-state index in [4.69, 9.17) is 9.15 Å². The topological polar surface area (TPSA) is 42.7 Å². The van der Waals surface area contributed by atoms with E-state index in [1.807, 2.05) is 6.07 Å². The second kappa shape index (κ2) is 6.09. The number of hydrogen-bond acceptors (Lipinski definition) is 4. The van der Waals surface area contributed by atoms with Gasteiger partial charge in [0, 0.05) is 18.7 Å². The van der Waals surface area contributed by atoms with Gasteiger partial charge in [-0.25, -0.2) is 0 Å². The van der Waals surface area contributed by atoms with Crippen molar-refractivity contribution in [2.75, 3.05) is 26.2 Å². The SMILES string of the molecule is O=c1ccoc2cc(OCCN3CCCCC3)ccc12. The van der Waals surface area contributed by atoms with Gasteiger partial charge in [0.05, 0.1) is 11.6 Å². The number of likely N-dealkylation sites (tertiary alicyclic amines) is 1. The summed E-state index contributed by atoms with van der Waals surface area (Å²) >= 11 is 0. The van der Waals surface area contributed by atoms with E-state index >= 15 is 0 Å². The molecule has 0 radical (unpaired) electrons. The van der Waals surface area contributed by atoms with E-state index in [2.05, 4.69) is 4.90 Å². The van der Waals surface area contributed by atoms with Crippen LogP contribution in [0.25, 0.3) is 11.0 Å². The molecule has 1 aliphatic heterocycles. The van der Waals surface area contributed by atoms with Crippen LogP contribution in [0.3, 0.4) is 0 Å². The van der Waals surface area contributed by atoms with Gasteiger partial charge in [0.2, 0.25) is 0 Å². The molecule has 2 aromatic rings. The number of fused-ring (bicyclic) bond motifs is 1. The predicted molar refractivity (Wildman–Crippen MR) is 78.3 cm³/mol. The number of rotatable bonds is 4. The molecule has 1 saturated heterocycles. The molecule has 0 spiro atoms. The minimum atomic E-state index is -0.0221. The molecule has 0 unspecified atom stereocenters. The van der Waals surface area contributed by atoms with Crippen LogP contribution in [-0.4, -0.2) is 31.1 Å². The third-order valence-corrected chi connectivity index (χ3v) is 3.76. The maximum atomic E-state index is 11.6. The van der Waals surface area contributed by atoms with Crippen LogP contribution in [0.4, 0.5) is 0 Å². The molecule has 20 heavy (non-hydrogen) atoms. The first-order valence-electron chi connectivity index (χ1n) is 7.20. The summed E-state index contributed by atoms with van der Waals surface area (Å²) in [4.78, 5) is 14.0. The predicted octanol–water partition coefficient (Wildman–Crippen LogP) is 2.66. The number of hydrogen-bond donors (Lipinski definition) is 0. The Kier molecular flexibility index (Phi) is 4.02. The van der Waals surface area contributed by atoms with E-state index in [0.717, 1.165) is 12.3 Å². The van der Waals surface area contributed by atoms with Crippen molar-refractivity contribution in [2.45, 2.75) is 19.3 Å². The molecule has 1 aromatic heterocycles. The van der Waals surface area contributed by atoms with Crippen LogP contribution in [0.1, 0.15) is 19.3 Å². The average Bonchev–Trinajstić information content (AvgIpc) is 2.48. The summed E-state index contributed by atoms with van der Waals surface area (Å²) in [6.45, 7) is 3.98. The van der Waals surface area contributed by atoms with Gasteiger partial charge in [-0.15, -0.1) is 0 Å². The van der Waals surface area contributed by atoms with Gasteiger partial charge in [-0.3, -0.25) is 9.69 Å². The monoisotopic (exact) mass is 273 g/mol. The quantitative estimate of drug-likeness (QED) is 0.859. The number of ether oxygens (including phenoxy) is 1. The van der Waals surface area contributed by atoms with Gasteiger partial charge in [-0.1, -0.05) is 6.42 Å². The Morgan fingerprint density at radius 2 is 2.00 bits per heavy atom. The number of piperidine rings is 1. The molecule has 4 nitrogen and oxygen atoms in total. The molecule has 0 saturated carbocycles. The van der Waals surface area contributed by atoms with E-state index in [-0.39, 0.29) is 5.43 Å². The third kappa shape index (κ3) is 3.02. The van der Waals surface area contributed by atoms with E-state index in [9.17, 15) is 4.79 Å². The average molecular weight is 273 g/mol. The zero-order valence-corrected chi connectivity index (χ0v) is 11.5. The molecule has 0 aliphatic carbocycles. The third-order valence-electron chi connectivity index (χ3n) is 3.76. The molecule has 4 heteroatoms. The van der Waals surface area contributed by atoms with Crippen LogP contribution < -0.4 is 10.2 Å². The Balaban J connectivity index is 1.61. The molecule has 1 aliphatic rings. The summed E-state index contributed by atoms with van der Waals surface area (Å²) in [6, 6.07) is 6.80. The summed E-state index contributed by atoms with van der Waals surface area (Å²) in [6.07, 6.45) is 5.35. The molecule has 2 heterocycles. The maximum absolute atomic E-state index is 11.6. The molecule has 0 atom stereocenters. The van der Waals surface area contributed by atoms with Crippen molar-refractivity contribution < 1.29 is 9.15 Å². The standard InChI is InChI=1S/C16H19NO3/c18-15-6-10-20-16-12-13(4-5-14(15)16)19-11-9-17-7-2-1-3-8-17/h4-6,10,12H,1-3,7-9,11H2. The van der Waals surface area contributed by atoms with Crippen molar-refractivity contribution >= 4 is 11.0 Å². The molecule has 1 aromatic carbocycles. The first-order chi connectivity index (χ1) is 9.83. The number of nitrogens with zero attached hydrogens (tertiary/aromatic N) is 1. The number of benzene rings is 1. The lowest BCUT2D eigenvalue weighted by Gasteiger charge is -2.26. The molecule has 1 fully saturated rings. The van der Waals surface area contributed by atoms with Crippen molar-refractivity contribution in [3.8, 4) is 5.75 Å². The highest BCUT2D eigenvalue weighted by Crippen LogP contribution is 2.18. The fourth-order valence-corrected chi connectivity index (χ4v) is 2.63. The van der Waals surface area contributed by atoms with E-state index in [1.54, 1.807) is 12.1 Å². The first kappa shape index (κ1) is 13.2. The summed E-state index contributed by atoms with van der Waals surface area (Å²) in [7, 11) is 0. The van der Waals surface area contributed by atoms with Crippen molar-refractivity contribution in [1.29, 1.82) is 0 Å². The Bertz CT molecular complexity index is 629. The minimum Gasteiger partial charge on any atom is -0.492 e. The summed E-state index contributed by atoms with van der Waals surface area (Å²) in [5.41, 5.74) is 0.555. The fraction of sp³-hybridized carbons (Fsp3) is 0.438. The summed E-state index contributed by atoms with van der Waals surface area (Å²) < 4.78 is 11.1. The zero-order valence-electron chi connectivity index (χ0n) is 11.5. The lowest BCUT2D eigenvalue weighted by Crippen LogP contribution is -2.33. The molecular weight excluding hydrogens is 254 g/mol. The van der Waals surface area contributed by atoms with Crippen LogP contribution in [0.15, 0.2) is 39.7 Å². The smallest absolute Gasteiger partial charge is 0.192 e. The van der Waals surface area contributed by atoms with Crippen molar-refractivity contribution in [2.24, 2.45) is 0 Å². The molecule has 0 bridgehead atoms. The second-order valence-electron chi connectivity index (χ2n) is 5.19. The van der Waals surface area contributed by atoms with Gasteiger partial charge in [0.15, 0.2) is 5.43 Å². The summed E-state index contributed by atoms with van der Waals surface area (Å²) in [5, 5.41) is 0.593. The zero-order chi connectivity index (χ0) is 13.8. The fourth-order valence-electron chi connectivity index (χ4n) is 2.63. The summed E-state index contributed by atoms with van der Waals surface area (Å²) in [5.74, 6) is 0.754. The Labute approximate surface area is 118 Å². The van der Waals surface area contributed by atoms with Crippen molar-refractivity contribution in [1.82, 2.24) is 4.90 Å². The Hall–Kier alpha value is -1.81. The van der Waals surface area contributed by atoms with Crippen LogP contribution in [0.5, 0.6) is 5.75 Å². The Morgan fingerprint density at radius 3 is 2.85 bits per heavy atom. The lowest BCUT2D eigenvalue weighted by atomic mass is 10.1. The van der Waals surface area contributed by atoms with Crippen LogP contribution in [0.2, 0.25) is 0 Å². The normalized spacial score (nSPS) is 16.4. The second-order valence-corrected chi connectivity index (χ2v) is 5.19. The van der Waals surface area contributed by atoms with Crippen LogP contribution >= 0.6 is 0 Å². The van der Waals surface area contributed by atoms with Gasteiger partial charge in [-0.05, 0) is 38.1 Å². The maximum Gasteiger partial charge on any atom is 0.192 e. The van der Waals surface area contributed by atoms with Gasteiger partial charge in [0.25, 0.3) is 0 Å². The molecule has 3 rings (SSSR count). The van der Waals surface area contributed by atoms with Gasteiger partial charge >= 0.3 is 0 Å².